The van der Waals surface area contributed by atoms with Crippen molar-refractivity contribution in [3.8, 4) is 0 Å². The Balaban J connectivity index is 3.63. The average molecular weight is 679 g/mol. The molecule has 0 heterocycles. The van der Waals surface area contributed by atoms with Crippen molar-refractivity contribution in [1.82, 2.24) is 0 Å². The van der Waals surface area contributed by atoms with E-state index in [0.29, 0.717) is 12.8 Å². The van der Waals surface area contributed by atoms with Gasteiger partial charge in [-0.2, -0.15) is 0 Å². The van der Waals surface area contributed by atoms with Crippen molar-refractivity contribution in [1.29, 1.82) is 0 Å². The fraction of sp³-hybridized carbons (Fsp3) is 0.591. The molecular formula is C44H70O5. The summed E-state index contributed by atoms with van der Waals surface area (Å²) in [5.74, 6) is -0.685. The van der Waals surface area contributed by atoms with Gasteiger partial charge in [0.05, 0.1) is 0 Å². The van der Waals surface area contributed by atoms with Crippen LogP contribution in [0, 0.1) is 0 Å². The number of carbonyl (C=O) groups excluding carboxylic acids is 2. The number of allylic oxidation sites excluding steroid dienone is 16. The number of rotatable bonds is 33. The van der Waals surface area contributed by atoms with Gasteiger partial charge in [-0.1, -0.05) is 150 Å². The Morgan fingerprint density at radius 2 is 0.816 bits per heavy atom. The summed E-state index contributed by atoms with van der Waals surface area (Å²) in [5, 5.41) is 10.00. The molecule has 0 unspecified atom stereocenters. The summed E-state index contributed by atoms with van der Waals surface area (Å²) in [6.07, 6.45) is 54.6. The Hall–Kier alpha value is -3.18. The molecule has 0 fully saturated rings. The summed E-state index contributed by atoms with van der Waals surface area (Å²) in [4.78, 5) is 23.9. The predicted molar refractivity (Wildman–Crippen MR) is 209 cm³/mol. The van der Waals surface area contributed by atoms with Crippen LogP contribution < -0.4 is 0 Å². The Morgan fingerprint density at radius 3 is 1.29 bits per heavy atom. The summed E-state index contributed by atoms with van der Waals surface area (Å²) in [6, 6.07) is 0. The van der Waals surface area contributed by atoms with Gasteiger partial charge in [-0.15, -0.1) is 0 Å². The highest BCUT2D eigenvalue weighted by Crippen LogP contribution is 2.09. The lowest BCUT2D eigenvalue weighted by Crippen LogP contribution is -2.25. The van der Waals surface area contributed by atoms with Gasteiger partial charge in [0.2, 0.25) is 0 Å². The van der Waals surface area contributed by atoms with Gasteiger partial charge in [0.25, 0.3) is 0 Å². The van der Waals surface area contributed by atoms with E-state index in [-0.39, 0.29) is 31.6 Å². The van der Waals surface area contributed by atoms with E-state index in [1.54, 1.807) is 0 Å². The van der Waals surface area contributed by atoms with E-state index >= 15 is 0 Å². The standard InChI is InChI=1S/C44H70O5/c1-3-5-7-9-11-13-15-17-19-21-22-23-25-27-29-31-33-35-37-39-44(47)49-41-42(45)40-48-43(46)38-36-34-32-30-28-26-24-20-18-16-14-12-10-8-6-4-2/h5,7,11,13-14,16-17,19-20,22-24,27,29,33,35,42,45H,3-4,6,8-10,12,15,18,21,25-26,28,30-32,34,36-41H2,1-2H3/b7-5-,13-11-,16-14-,19-17-,23-22-,24-20-,29-27-,35-33-/t42-/m1/s1. The highest BCUT2D eigenvalue weighted by atomic mass is 16.6. The highest BCUT2D eigenvalue weighted by molar-refractivity contribution is 5.70. The first-order valence-electron chi connectivity index (χ1n) is 19.3. The van der Waals surface area contributed by atoms with Gasteiger partial charge < -0.3 is 14.6 Å². The van der Waals surface area contributed by atoms with Crippen molar-refractivity contribution < 1.29 is 24.2 Å². The second-order valence-corrected chi connectivity index (χ2v) is 12.3. The van der Waals surface area contributed by atoms with E-state index in [0.717, 1.165) is 77.0 Å². The largest absolute Gasteiger partial charge is 0.463 e. The monoisotopic (exact) mass is 679 g/mol. The zero-order valence-electron chi connectivity index (χ0n) is 31.2. The molecule has 5 nitrogen and oxygen atoms in total. The Labute approximate surface area is 300 Å². The van der Waals surface area contributed by atoms with Crippen molar-refractivity contribution >= 4 is 11.9 Å². The van der Waals surface area contributed by atoms with E-state index in [4.69, 9.17) is 9.47 Å². The van der Waals surface area contributed by atoms with Crippen LogP contribution >= 0.6 is 0 Å². The van der Waals surface area contributed by atoms with Gasteiger partial charge in [-0.05, 0) is 83.5 Å². The molecule has 0 radical (unpaired) electrons. The smallest absolute Gasteiger partial charge is 0.306 e. The van der Waals surface area contributed by atoms with E-state index in [2.05, 4.69) is 98.9 Å². The lowest BCUT2D eigenvalue weighted by Gasteiger charge is -2.12. The summed E-state index contributed by atoms with van der Waals surface area (Å²) in [6.45, 7) is 4.07. The number of ether oxygens (including phenoxy) is 2. The number of hydrogen-bond acceptors (Lipinski definition) is 5. The molecule has 0 saturated heterocycles. The first-order chi connectivity index (χ1) is 24.1. The number of aliphatic hydroxyl groups excluding tert-OH is 1. The second-order valence-electron chi connectivity index (χ2n) is 12.3. The van der Waals surface area contributed by atoms with E-state index in [1.807, 2.05) is 12.2 Å². The van der Waals surface area contributed by atoms with E-state index in [1.165, 1.54) is 38.5 Å². The second kappa shape index (κ2) is 39.3. The Morgan fingerprint density at radius 1 is 0.449 bits per heavy atom. The molecule has 0 bridgehead atoms. The maximum Gasteiger partial charge on any atom is 0.306 e. The molecule has 0 aliphatic carbocycles. The summed E-state index contributed by atoms with van der Waals surface area (Å²) in [7, 11) is 0. The normalized spacial score (nSPS) is 13.3. The predicted octanol–water partition coefficient (Wildman–Crippen LogP) is 12.1. The summed E-state index contributed by atoms with van der Waals surface area (Å²) >= 11 is 0. The fourth-order valence-electron chi connectivity index (χ4n) is 4.67. The maximum atomic E-state index is 12.0. The van der Waals surface area contributed by atoms with E-state index in [9.17, 15) is 14.7 Å². The van der Waals surface area contributed by atoms with Gasteiger partial charge in [0.15, 0.2) is 0 Å². The lowest BCUT2D eigenvalue weighted by molar-refractivity contribution is -0.152. The molecule has 0 aromatic carbocycles. The van der Waals surface area contributed by atoms with Crippen LogP contribution in [0.25, 0.3) is 0 Å². The number of carbonyl (C=O) groups is 2. The maximum absolute atomic E-state index is 12.0. The third kappa shape index (κ3) is 39.1. The molecule has 49 heavy (non-hydrogen) atoms. The first-order valence-corrected chi connectivity index (χ1v) is 19.3. The molecule has 0 aromatic heterocycles. The van der Waals surface area contributed by atoms with Crippen LogP contribution in [-0.2, 0) is 19.1 Å². The number of aliphatic hydroxyl groups is 1. The highest BCUT2D eigenvalue weighted by Gasteiger charge is 2.11. The minimum absolute atomic E-state index is 0.153. The molecule has 276 valence electrons. The first kappa shape index (κ1) is 45.8. The van der Waals surface area contributed by atoms with Crippen LogP contribution in [0.4, 0.5) is 0 Å². The van der Waals surface area contributed by atoms with E-state index < -0.39 is 6.10 Å². The molecule has 0 rings (SSSR count). The lowest BCUT2D eigenvalue weighted by atomic mass is 10.1. The molecule has 0 aliphatic rings. The van der Waals surface area contributed by atoms with Crippen molar-refractivity contribution in [2.45, 2.75) is 155 Å². The summed E-state index contributed by atoms with van der Waals surface area (Å²) in [5.41, 5.74) is 0. The van der Waals surface area contributed by atoms with Gasteiger partial charge >= 0.3 is 11.9 Å². The van der Waals surface area contributed by atoms with Gasteiger partial charge in [0.1, 0.15) is 19.3 Å². The third-order valence-electron chi connectivity index (χ3n) is 7.57. The zero-order valence-corrected chi connectivity index (χ0v) is 31.2. The minimum Gasteiger partial charge on any atom is -0.463 e. The fourth-order valence-corrected chi connectivity index (χ4v) is 4.67. The van der Waals surface area contributed by atoms with Crippen molar-refractivity contribution in [2.24, 2.45) is 0 Å². The summed E-state index contributed by atoms with van der Waals surface area (Å²) < 4.78 is 10.3. The molecular weight excluding hydrogens is 608 g/mol. The third-order valence-corrected chi connectivity index (χ3v) is 7.57. The van der Waals surface area contributed by atoms with Crippen LogP contribution in [-0.4, -0.2) is 36.4 Å². The van der Waals surface area contributed by atoms with Gasteiger partial charge in [-0.25, -0.2) is 0 Å². The van der Waals surface area contributed by atoms with Crippen molar-refractivity contribution in [2.75, 3.05) is 13.2 Å². The van der Waals surface area contributed by atoms with Crippen LogP contribution in [0.2, 0.25) is 0 Å². The molecule has 0 spiro atoms. The topological polar surface area (TPSA) is 72.8 Å². The molecule has 1 atom stereocenters. The van der Waals surface area contributed by atoms with Gasteiger partial charge in [-0.3, -0.25) is 9.59 Å². The molecule has 1 N–H and O–H groups in total. The van der Waals surface area contributed by atoms with Gasteiger partial charge in [0, 0.05) is 12.8 Å². The van der Waals surface area contributed by atoms with Crippen LogP contribution in [0.3, 0.4) is 0 Å². The SMILES string of the molecule is CC/C=C\C/C=C\C/C=C\C/C=C\C/C=C\C/C=C\CCC(=O)OC[C@H](O)COC(=O)CCCCCCC/C=C\C/C=C\CCCCCC. The Bertz CT molecular complexity index is 995. The van der Waals surface area contributed by atoms with Crippen LogP contribution in [0.5, 0.6) is 0 Å². The van der Waals surface area contributed by atoms with Crippen molar-refractivity contribution in [3.05, 3.63) is 97.2 Å². The minimum atomic E-state index is -1.01. The zero-order chi connectivity index (χ0) is 35.7. The molecule has 5 heteroatoms. The number of unbranched alkanes of at least 4 members (excludes halogenated alkanes) is 9. The number of hydrogen-bond donors (Lipinski definition) is 1. The van der Waals surface area contributed by atoms with Crippen LogP contribution in [0.15, 0.2) is 97.2 Å². The number of esters is 2. The van der Waals surface area contributed by atoms with Crippen molar-refractivity contribution in [3.63, 3.8) is 0 Å². The van der Waals surface area contributed by atoms with Crippen LogP contribution in [0.1, 0.15) is 149 Å². The molecule has 0 saturated carbocycles. The average Bonchev–Trinajstić information content (AvgIpc) is 3.10. The molecule has 0 amide bonds. The quantitative estimate of drug-likeness (QED) is 0.0425. The Kier molecular flexibility index (Phi) is 36.7. The molecule has 0 aliphatic heterocycles. The molecule has 0 aromatic rings.